The second-order valence-electron chi connectivity index (χ2n) is 3.71. The number of amides is 1. The topological polar surface area (TPSA) is 70.7 Å². The summed E-state index contributed by atoms with van der Waals surface area (Å²) in [6.07, 6.45) is 6.35. The lowest BCUT2D eigenvalue weighted by Gasteiger charge is -2.03. The normalized spacial score (nSPS) is 10.1. The minimum Gasteiger partial charge on any atom is -0.350 e. The van der Waals surface area contributed by atoms with Crippen molar-refractivity contribution in [2.75, 3.05) is 0 Å². The molecule has 1 amide bonds. The highest BCUT2D eigenvalue weighted by Gasteiger charge is 2.02. The summed E-state index contributed by atoms with van der Waals surface area (Å²) in [4.78, 5) is 15.5. The Morgan fingerprint density at radius 1 is 1.24 bits per heavy atom. The lowest BCUT2D eigenvalue weighted by molar-refractivity contribution is -0.121. The minimum atomic E-state index is 0.0383. The van der Waals surface area contributed by atoms with Crippen LogP contribution >= 0.6 is 0 Å². The monoisotopic (exact) mass is 230 g/mol. The average molecular weight is 230 g/mol. The largest absolute Gasteiger partial charge is 0.350 e. The van der Waals surface area contributed by atoms with E-state index < -0.39 is 0 Å². The Bertz CT molecular complexity index is 453. The lowest BCUT2D eigenvalue weighted by Crippen LogP contribution is -2.23. The molecule has 2 rings (SSSR count). The first-order valence-electron chi connectivity index (χ1n) is 5.48. The molecule has 0 aromatic carbocycles. The highest BCUT2D eigenvalue weighted by atomic mass is 16.1. The van der Waals surface area contributed by atoms with Gasteiger partial charge in [-0.3, -0.25) is 14.9 Å². The van der Waals surface area contributed by atoms with Crippen LogP contribution in [0.2, 0.25) is 0 Å². The van der Waals surface area contributed by atoms with Crippen LogP contribution in [-0.2, 0) is 17.8 Å². The molecule has 0 aliphatic rings. The van der Waals surface area contributed by atoms with E-state index in [1.165, 1.54) is 0 Å². The molecular formula is C12H14N4O. The number of hydrogen-bond acceptors (Lipinski definition) is 3. The van der Waals surface area contributed by atoms with Crippen LogP contribution in [0.4, 0.5) is 0 Å². The highest BCUT2D eigenvalue weighted by molar-refractivity contribution is 5.76. The van der Waals surface area contributed by atoms with Crippen molar-refractivity contribution in [1.29, 1.82) is 0 Å². The molecule has 5 heteroatoms. The maximum Gasteiger partial charge on any atom is 0.220 e. The molecule has 0 saturated carbocycles. The molecule has 0 fully saturated rings. The summed E-state index contributed by atoms with van der Waals surface area (Å²) in [5.41, 5.74) is 2.03. The van der Waals surface area contributed by atoms with Crippen LogP contribution in [0.5, 0.6) is 0 Å². The first-order valence-corrected chi connectivity index (χ1v) is 5.48. The number of hydrogen-bond donors (Lipinski definition) is 2. The van der Waals surface area contributed by atoms with Gasteiger partial charge in [0.05, 0.1) is 12.2 Å². The Morgan fingerprint density at radius 3 is 2.76 bits per heavy atom. The molecule has 0 spiro atoms. The summed E-state index contributed by atoms with van der Waals surface area (Å²) in [5.74, 6) is 0.0383. The molecule has 2 N–H and O–H groups in total. The number of aromatic nitrogens is 3. The smallest absolute Gasteiger partial charge is 0.220 e. The number of carbonyl (C=O) groups is 1. The standard InChI is InChI=1S/C12H14N4O/c17-12(14-9-11-5-8-15-16-11)2-1-10-3-6-13-7-4-10/h3-8H,1-2,9H2,(H,14,17)(H,15,16). The summed E-state index contributed by atoms with van der Waals surface area (Å²) in [6, 6.07) is 5.67. The Labute approximate surface area is 99.3 Å². The van der Waals surface area contributed by atoms with Gasteiger partial charge < -0.3 is 5.32 Å². The Balaban J connectivity index is 1.71. The first-order chi connectivity index (χ1) is 8.34. The van der Waals surface area contributed by atoms with E-state index in [1.807, 2.05) is 18.2 Å². The zero-order valence-corrected chi connectivity index (χ0v) is 9.39. The molecule has 0 unspecified atom stereocenters. The SMILES string of the molecule is O=C(CCc1ccncc1)NCc1ccn[nH]1. The zero-order chi connectivity index (χ0) is 11.9. The van der Waals surface area contributed by atoms with E-state index in [1.54, 1.807) is 18.6 Å². The van der Waals surface area contributed by atoms with Crippen LogP contribution in [0.15, 0.2) is 36.8 Å². The molecule has 2 heterocycles. The number of nitrogens with zero attached hydrogens (tertiary/aromatic N) is 2. The van der Waals surface area contributed by atoms with Crippen LogP contribution in [0.25, 0.3) is 0 Å². The quantitative estimate of drug-likeness (QED) is 0.806. The predicted molar refractivity (Wildman–Crippen MR) is 63.0 cm³/mol. The second-order valence-corrected chi connectivity index (χ2v) is 3.71. The van der Waals surface area contributed by atoms with E-state index in [0.717, 1.165) is 17.7 Å². The third kappa shape index (κ3) is 3.71. The maximum absolute atomic E-state index is 11.6. The molecule has 0 bridgehead atoms. The van der Waals surface area contributed by atoms with Gasteiger partial charge in [-0.05, 0) is 30.2 Å². The van der Waals surface area contributed by atoms with E-state index in [9.17, 15) is 4.79 Å². The lowest BCUT2D eigenvalue weighted by atomic mass is 10.1. The molecule has 0 saturated heterocycles. The van der Waals surface area contributed by atoms with Crippen molar-refractivity contribution in [3.05, 3.63) is 48.0 Å². The minimum absolute atomic E-state index is 0.0383. The van der Waals surface area contributed by atoms with Crippen LogP contribution < -0.4 is 5.32 Å². The van der Waals surface area contributed by atoms with Gasteiger partial charge in [0.1, 0.15) is 0 Å². The Kier molecular flexibility index (Phi) is 3.85. The van der Waals surface area contributed by atoms with Crippen molar-refractivity contribution in [2.24, 2.45) is 0 Å². The number of nitrogens with one attached hydrogen (secondary N) is 2. The Morgan fingerprint density at radius 2 is 2.06 bits per heavy atom. The van der Waals surface area contributed by atoms with Gasteiger partial charge in [-0.1, -0.05) is 0 Å². The highest BCUT2D eigenvalue weighted by Crippen LogP contribution is 2.00. The molecule has 0 aliphatic heterocycles. The molecule has 88 valence electrons. The Hall–Kier alpha value is -2.17. The van der Waals surface area contributed by atoms with Gasteiger partial charge in [0.15, 0.2) is 0 Å². The van der Waals surface area contributed by atoms with Gasteiger partial charge in [-0.2, -0.15) is 5.10 Å². The molecule has 17 heavy (non-hydrogen) atoms. The number of H-pyrrole nitrogens is 1. The van der Waals surface area contributed by atoms with Gasteiger partial charge in [0.2, 0.25) is 5.91 Å². The fourth-order valence-electron chi connectivity index (χ4n) is 1.47. The van der Waals surface area contributed by atoms with E-state index in [0.29, 0.717) is 13.0 Å². The number of aryl methyl sites for hydroxylation is 1. The van der Waals surface area contributed by atoms with Gasteiger partial charge >= 0.3 is 0 Å². The van der Waals surface area contributed by atoms with Crippen molar-refractivity contribution in [1.82, 2.24) is 20.5 Å². The molecule has 0 aliphatic carbocycles. The summed E-state index contributed by atoms with van der Waals surface area (Å²) in [7, 11) is 0. The molecule has 2 aromatic heterocycles. The number of rotatable bonds is 5. The molecule has 0 atom stereocenters. The van der Waals surface area contributed by atoms with Gasteiger partial charge in [-0.15, -0.1) is 0 Å². The average Bonchev–Trinajstić information content (AvgIpc) is 2.88. The van der Waals surface area contributed by atoms with Crippen LogP contribution in [0.3, 0.4) is 0 Å². The second kappa shape index (κ2) is 5.79. The van der Waals surface area contributed by atoms with Crippen molar-refractivity contribution >= 4 is 5.91 Å². The maximum atomic E-state index is 11.6. The summed E-state index contributed by atoms with van der Waals surface area (Å²) in [5, 5.41) is 9.43. The number of carbonyl (C=O) groups excluding carboxylic acids is 1. The number of pyridine rings is 1. The summed E-state index contributed by atoms with van der Waals surface area (Å²) < 4.78 is 0. The predicted octanol–water partition coefficient (Wildman–Crippen LogP) is 1.05. The van der Waals surface area contributed by atoms with E-state index in [2.05, 4.69) is 20.5 Å². The van der Waals surface area contributed by atoms with Crippen molar-refractivity contribution in [3.63, 3.8) is 0 Å². The van der Waals surface area contributed by atoms with E-state index in [-0.39, 0.29) is 5.91 Å². The van der Waals surface area contributed by atoms with Gasteiger partial charge in [-0.25, -0.2) is 0 Å². The van der Waals surface area contributed by atoms with Crippen LogP contribution in [0, 0.1) is 0 Å². The molecule has 5 nitrogen and oxygen atoms in total. The number of aromatic amines is 1. The summed E-state index contributed by atoms with van der Waals surface area (Å²) in [6.45, 7) is 0.495. The third-order valence-corrected chi connectivity index (χ3v) is 2.42. The fraction of sp³-hybridized carbons (Fsp3) is 0.250. The third-order valence-electron chi connectivity index (χ3n) is 2.42. The van der Waals surface area contributed by atoms with Crippen molar-refractivity contribution < 1.29 is 4.79 Å². The van der Waals surface area contributed by atoms with Crippen LogP contribution in [0.1, 0.15) is 17.7 Å². The molecule has 2 aromatic rings. The van der Waals surface area contributed by atoms with Gasteiger partial charge in [0.25, 0.3) is 0 Å². The van der Waals surface area contributed by atoms with E-state index in [4.69, 9.17) is 0 Å². The van der Waals surface area contributed by atoms with Crippen molar-refractivity contribution in [2.45, 2.75) is 19.4 Å². The molecule has 0 radical (unpaired) electrons. The first kappa shape index (κ1) is 11.3. The van der Waals surface area contributed by atoms with Crippen LogP contribution in [-0.4, -0.2) is 21.1 Å². The van der Waals surface area contributed by atoms with Crippen molar-refractivity contribution in [3.8, 4) is 0 Å². The van der Waals surface area contributed by atoms with E-state index >= 15 is 0 Å². The zero-order valence-electron chi connectivity index (χ0n) is 9.39. The summed E-state index contributed by atoms with van der Waals surface area (Å²) >= 11 is 0. The van der Waals surface area contributed by atoms with Gasteiger partial charge in [0, 0.05) is 25.0 Å². The molecular weight excluding hydrogens is 216 g/mol. The fourth-order valence-corrected chi connectivity index (χ4v) is 1.47.